The van der Waals surface area contributed by atoms with E-state index >= 15 is 0 Å². The van der Waals surface area contributed by atoms with Gasteiger partial charge in [0.1, 0.15) is 0 Å². The zero-order valence-electron chi connectivity index (χ0n) is 11.4. The van der Waals surface area contributed by atoms with Crippen LogP contribution in [0.4, 0.5) is 13.2 Å². The van der Waals surface area contributed by atoms with Gasteiger partial charge in [0.15, 0.2) is 0 Å². The molecule has 3 nitrogen and oxygen atoms in total. The Morgan fingerprint density at radius 2 is 1.32 bits per heavy atom. The number of aliphatic hydroxyl groups excluding tert-OH is 1. The fourth-order valence-electron chi connectivity index (χ4n) is 2.09. The van der Waals surface area contributed by atoms with Crippen LogP contribution in [-0.4, -0.2) is 23.4 Å². The highest BCUT2D eigenvalue weighted by molar-refractivity contribution is 5.87. The van der Waals surface area contributed by atoms with Crippen molar-refractivity contribution in [3.05, 3.63) is 71.8 Å². The highest BCUT2D eigenvalue weighted by Gasteiger charge is 2.40. The van der Waals surface area contributed by atoms with Gasteiger partial charge in [-0.1, -0.05) is 60.7 Å². The van der Waals surface area contributed by atoms with Gasteiger partial charge in [-0.15, -0.1) is 0 Å². The fraction of sp³-hybridized carbons (Fsp3) is 0.188. The van der Waals surface area contributed by atoms with Crippen LogP contribution in [0.1, 0.15) is 17.0 Å². The highest BCUT2D eigenvalue weighted by atomic mass is 19.4. The molecule has 0 saturated heterocycles. The molecule has 0 aliphatic heterocycles. The van der Waals surface area contributed by atoms with Crippen LogP contribution in [-0.2, 0) is 4.79 Å². The van der Waals surface area contributed by atoms with Gasteiger partial charge in [0.05, 0.1) is 5.92 Å². The Morgan fingerprint density at radius 1 is 0.909 bits per heavy atom. The highest BCUT2D eigenvalue weighted by Crippen LogP contribution is 2.26. The lowest BCUT2D eigenvalue weighted by Gasteiger charge is -2.21. The zero-order chi connectivity index (χ0) is 16.2. The smallest absolute Gasteiger partial charge is 0.366 e. The Kier molecular flexibility index (Phi) is 4.82. The van der Waals surface area contributed by atoms with E-state index in [-0.39, 0.29) is 0 Å². The minimum atomic E-state index is -4.91. The van der Waals surface area contributed by atoms with Crippen LogP contribution in [0, 0.1) is 0 Å². The predicted molar refractivity (Wildman–Crippen MR) is 74.9 cm³/mol. The van der Waals surface area contributed by atoms with Gasteiger partial charge in [-0.25, -0.2) is 0 Å². The van der Waals surface area contributed by atoms with E-state index < -0.39 is 24.2 Å². The number of rotatable bonds is 4. The van der Waals surface area contributed by atoms with E-state index in [1.165, 1.54) is 0 Å². The number of carbonyl (C=O) groups is 1. The first-order chi connectivity index (χ1) is 10.4. The number of nitrogens with one attached hydrogen (secondary N) is 1. The van der Waals surface area contributed by atoms with E-state index in [9.17, 15) is 18.0 Å². The summed E-state index contributed by atoms with van der Waals surface area (Å²) in [4.78, 5) is 12.2. The summed E-state index contributed by atoms with van der Waals surface area (Å²) in [5.74, 6) is -1.85. The quantitative estimate of drug-likeness (QED) is 0.853. The third-order valence-electron chi connectivity index (χ3n) is 3.12. The first kappa shape index (κ1) is 16.0. The molecule has 0 fully saturated rings. The van der Waals surface area contributed by atoms with Crippen LogP contribution in [0.5, 0.6) is 0 Å². The molecule has 2 N–H and O–H groups in total. The van der Waals surface area contributed by atoms with E-state index in [2.05, 4.69) is 0 Å². The molecule has 0 aromatic heterocycles. The van der Waals surface area contributed by atoms with E-state index in [1.54, 1.807) is 66.0 Å². The summed E-state index contributed by atoms with van der Waals surface area (Å²) in [6.07, 6.45) is -7.80. The molecule has 0 spiro atoms. The standard InChI is InChI=1S/C16H14F3NO2/c17-16(18,19)15(22)20-14(21)13(11-7-3-1-4-8-11)12-9-5-2-6-10-12/h1-10,13,15,22H,(H,20,21). The van der Waals surface area contributed by atoms with Gasteiger partial charge in [0.2, 0.25) is 12.1 Å². The third-order valence-corrected chi connectivity index (χ3v) is 3.12. The van der Waals surface area contributed by atoms with Crippen LogP contribution in [0.2, 0.25) is 0 Å². The number of amides is 1. The maximum atomic E-state index is 12.4. The molecule has 0 heterocycles. The van der Waals surface area contributed by atoms with Crippen LogP contribution in [0.25, 0.3) is 0 Å². The number of carbonyl (C=O) groups excluding carboxylic acids is 1. The van der Waals surface area contributed by atoms with Crippen molar-refractivity contribution in [1.82, 2.24) is 5.32 Å². The second-order valence-corrected chi connectivity index (χ2v) is 4.71. The third kappa shape index (κ3) is 3.85. The van der Waals surface area contributed by atoms with E-state index in [4.69, 9.17) is 5.11 Å². The minimum absolute atomic E-state index is 0.542. The molecule has 6 heteroatoms. The number of hydrogen-bond acceptors (Lipinski definition) is 2. The van der Waals surface area contributed by atoms with Gasteiger partial charge >= 0.3 is 6.18 Å². The Hall–Kier alpha value is -2.34. The molecular weight excluding hydrogens is 295 g/mol. The lowest BCUT2D eigenvalue weighted by atomic mass is 9.90. The summed E-state index contributed by atoms with van der Waals surface area (Å²) < 4.78 is 37.2. The Balaban J connectivity index is 2.32. The first-order valence-electron chi connectivity index (χ1n) is 6.54. The van der Waals surface area contributed by atoms with Crippen LogP contribution >= 0.6 is 0 Å². The molecular formula is C16H14F3NO2. The normalized spacial score (nSPS) is 13.0. The second kappa shape index (κ2) is 6.62. The Labute approximate surface area is 125 Å². The summed E-state index contributed by atoms with van der Waals surface area (Å²) in [6, 6.07) is 16.9. The van der Waals surface area contributed by atoms with Gasteiger partial charge in [0.25, 0.3) is 0 Å². The van der Waals surface area contributed by atoms with Gasteiger partial charge < -0.3 is 10.4 Å². The summed E-state index contributed by atoms with van der Waals surface area (Å²) in [6.45, 7) is 0. The summed E-state index contributed by atoms with van der Waals surface area (Å²) in [7, 11) is 0. The van der Waals surface area contributed by atoms with Crippen molar-refractivity contribution in [3.8, 4) is 0 Å². The monoisotopic (exact) mass is 309 g/mol. The van der Waals surface area contributed by atoms with Crippen molar-refractivity contribution < 1.29 is 23.1 Å². The molecule has 116 valence electrons. The molecule has 1 amide bonds. The molecule has 22 heavy (non-hydrogen) atoms. The number of alkyl halides is 3. The van der Waals surface area contributed by atoms with E-state index in [0.717, 1.165) is 0 Å². The van der Waals surface area contributed by atoms with Crippen molar-refractivity contribution in [2.24, 2.45) is 0 Å². The van der Waals surface area contributed by atoms with Crippen molar-refractivity contribution in [3.63, 3.8) is 0 Å². The molecule has 0 aliphatic carbocycles. The van der Waals surface area contributed by atoms with Crippen molar-refractivity contribution in [2.75, 3.05) is 0 Å². The predicted octanol–water partition coefficient (Wildman–Crippen LogP) is 2.82. The number of hydrogen-bond donors (Lipinski definition) is 2. The van der Waals surface area contributed by atoms with Crippen molar-refractivity contribution in [1.29, 1.82) is 0 Å². The summed E-state index contributed by atoms with van der Waals surface area (Å²) >= 11 is 0. The number of aliphatic hydroxyl groups is 1. The van der Waals surface area contributed by atoms with Crippen LogP contribution < -0.4 is 5.32 Å². The van der Waals surface area contributed by atoms with Crippen LogP contribution in [0.15, 0.2) is 60.7 Å². The van der Waals surface area contributed by atoms with Crippen molar-refractivity contribution >= 4 is 5.91 Å². The van der Waals surface area contributed by atoms with Gasteiger partial charge in [0, 0.05) is 0 Å². The molecule has 2 aromatic rings. The Morgan fingerprint density at radius 3 is 1.68 bits per heavy atom. The number of halogens is 3. The Bertz CT molecular complexity index is 575. The fourth-order valence-corrected chi connectivity index (χ4v) is 2.09. The first-order valence-corrected chi connectivity index (χ1v) is 6.54. The van der Waals surface area contributed by atoms with Gasteiger partial charge in [-0.05, 0) is 11.1 Å². The molecule has 2 rings (SSSR count). The number of benzene rings is 2. The van der Waals surface area contributed by atoms with E-state index in [0.29, 0.717) is 11.1 Å². The lowest BCUT2D eigenvalue weighted by Crippen LogP contribution is -2.47. The minimum Gasteiger partial charge on any atom is -0.366 e. The molecule has 1 atom stereocenters. The lowest BCUT2D eigenvalue weighted by molar-refractivity contribution is -0.214. The molecule has 0 radical (unpaired) electrons. The largest absolute Gasteiger partial charge is 0.433 e. The average Bonchev–Trinajstić information content (AvgIpc) is 2.48. The molecule has 1 unspecified atom stereocenters. The van der Waals surface area contributed by atoms with Crippen molar-refractivity contribution in [2.45, 2.75) is 18.3 Å². The zero-order valence-corrected chi connectivity index (χ0v) is 11.4. The van der Waals surface area contributed by atoms with Crippen LogP contribution in [0.3, 0.4) is 0 Å². The molecule has 0 aliphatic rings. The topological polar surface area (TPSA) is 49.3 Å². The second-order valence-electron chi connectivity index (χ2n) is 4.71. The average molecular weight is 309 g/mol. The van der Waals surface area contributed by atoms with Gasteiger partial charge in [-0.3, -0.25) is 4.79 Å². The summed E-state index contributed by atoms with van der Waals surface area (Å²) in [5.41, 5.74) is 1.08. The molecule has 2 aromatic carbocycles. The molecule has 0 bridgehead atoms. The maximum Gasteiger partial charge on any atom is 0.433 e. The van der Waals surface area contributed by atoms with E-state index in [1.807, 2.05) is 0 Å². The summed E-state index contributed by atoms with van der Waals surface area (Å²) in [5, 5.41) is 10.7. The maximum absolute atomic E-state index is 12.4. The SMILES string of the molecule is O=C(NC(O)C(F)(F)F)C(c1ccccc1)c1ccccc1. The molecule has 0 saturated carbocycles. The van der Waals surface area contributed by atoms with Gasteiger partial charge in [-0.2, -0.15) is 13.2 Å².